The summed E-state index contributed by atoms with van der Waals surface area (Å²) in [7, 11) is 1.37. The number of ether oxygens (including phenoxy) is 1. The number of furan rings is 1. The zero-order valence-corrected chi connectivity index (χ0v) is 17.0. The maximum Gasteiger partial charge on any atom is 0.414 e. The molecule has 2 aromatic heterocycles. The van der Waals surface area contributed by atoms with Crippen molar-refractivity contribution in [1.29, 1.82) is 0 Å². The Kier molecular flexibility index (Phi) is 8.56. The van der Waals surface area contributed by atoms with Gasteiger partial charge in [0, 0.05) is 17.8 Å². The highest BCUT2D eigenvalue weighted by Gasteiger charge is 2.27. The van der Waals surface area contributed by atoms with Crippen LogP contribution in [0, 0.1) is 0 Å². The number of esters is 1. The van der Waals surface area contributed by atoms with Crippen LogP contribution in [0.2, 0.25) is 0 Å². The molecular formula is C19H22N2O8S. The van der Waals surface area contributed by atoms with E-state index in [0.29, 0.717) is 30.1 Å². The second kappa shape index (κ2) is 11.1. The van der Waals surface area contributed by atoms with Gasteiger partial charge in [-0.2, -0.15) is 0 Å². The van der Waals surface area contributed by atoms with Gasteiger partial charge in [0.2, 0.25) is 5.91 Å². The summed E-state index contributed by atoms with van der Waals surface area (Å²) in [5.74, 6) is -3.31. The molecule has 0 bridgehead atoms. The number of hydrogen-bond acceptors (Lipinski definition) is 8. The Morgan fingerprint density at radius 3 is 2.53 bits per heavy atom. The predicted molar refractivity (Wildman–Crippen MR) is 107 cm³/mol. The second-order valence-electron chi connectivity index (χ2n) is 6.22. The fourth-order valence-corrected chi connectivity index (χ4v) is 4.12. The van der Waals surface area contributed by atoms with Gasteiger partial charge >= 0.3 is 17.9 Å². The lowest BCUT2D eigenvalue weighted by Crippen LogP contribution is -2.21. The summed E-state index contributed by atoms with van der Waals surface area (Å²) in [6.07, 6.45) is 4.83. The van der Waals surface area contributed by atoms with Gasteiger partial charge in [-0.25, -0.2) is 14.4 Å². The standard InChI is InChI=1S/C17H20N2O4S.C2H2O4/c1-22-17(21)15-12-5-2-6-13(12)24-16(15)19-14(20)7-8-18-10-11-4-3-9-23-11;3-1(4)2(5)6/h3-4,9,18H,2,5-8,10H2,1H3,(H,19,20);(H,3,4)(H,5,6). The Labute approximate surface area is 175 Å². The Bertz CT molecular complexity index is 892. The van der Waals surface area contributed by atoms with Crippen molar-refractivity contribution in [2.75, 3.05) is 19.0 Å². The topological polar surface area (TPSA) is 155 Å². The first kappa shape index (κ1) is 23.1. The van der Waals surface area contributed by atoms with Gasteiger partial charge in [-0.05, 0) is 37.0 Å². The third-order valence-corrected chi connectivity index (χ3v) is 5.36. The minimum atomic E-state index is -1.82. The highest BCUT2D eigenvalue weighted by molar-refractivity contribution is 7.17. The van der Waals surface area contributed by atoms with Crippen molar-refractivity contribution in [3.8, 4) is 0 Å². The monoisotopic (exact) mass is 438 g/mol. The minimum Gasteiger partial charge on any atom is -0.473 e. The van der Waals surface area contributed by atoms with Crippen molar-refractivity contribution in [3.63, 3.8) is 0 Å². The number of carbonyl (C=O) groups excluding carboxylic acids is 2. The van der Waals surface area contributed by atoms with Crippen LogP contribution in [0.5, 0.6) is 0 Å². The molecule has 0 saturated carbocycles. The zero-order valence-electron chi connectivity index (χ0n) is 16.2. The molecule has 0 aromatic carbocycles. The van der Waals surface area contributed by atoms with Gasteiger partial charge in [-0.1, -0.05) is 0 Å². The van der Waals surface area contributed by atoms with E-state index in [-0.39, 0.29) is 11.9 Å². The number of rotatable bonds is 7. The number of aliphatic carboxylic acids is 2. The summed E-state index contributed by atoms with van der Waals surface area (Å²) in [4.78, 5) is 43.6. The highest BCUT2D eigenvalue weighted by Crippen LogP contribution is 2.39. The summed E-state index contributed by atoms with van der Waals surface area (Å²) in [5.41, 5.74) is 1.57. The third-order valence-electron chi connectivity index (χ3n) is 4.15. The molecule has 4 N–H and O–H groups in total. The fraction of sp³-hybridized carbons (Fsp3) is 0.368. The van der Waals surface area contributed by atoms with Crippen LogP contribution in [-0.2, 0) is 38.5 Å². The predicted octanol–water partition coefficient (Wildman–Crippen LogP) is 1.89. The maximum absolute atomic E-state index is 12.1. The molecule has 0 spiro atoms. The Morgan fingerprint density at radius 1 is 1.20 bits per heavy atom. The van der Waals surface area contributed by atoms with Crippen molar-refractivity contribution < 1.29 is 38.5 Å². The molecule has 3 rings (SSSR count). The van der Waals surface area contributed by atoms with Crippen molar-refractivity contribution in [3.05, 3.63) is 40.2 Å². The normalized spacial score (nSPS) is 11.8. The number of anilines is 1. The van der Waals surface area contributed by atoms with Crippen LogP contribution in [0.1, 0.15) is 39.4 Å². The minimum absolute atomic E-state index is 0.118. The highest BCUT2D eigenvalue weighted by atomic mass is 32.1. The van der Waals surface area contributed by atoms with Crippen molar-refractivity contribution >= 4 is 40.2 Å². The average molecular weight is 438 g/mol. The average Bonchev–Trinajstić information content (AvgIpc) is 3.43. The molecular weight excluding hydrogens is 416 g/mol. The number of carboxylic acids is 2. The molecule has 162 valence electrons. The molecule has 0 atom stereocenters. The van der Waals surface area contributed by atoms with E-state index in [9.17, 15) is 9.59 Å². The molecule has 0 saturated heterocycles. The lowest BCUT2D eigenvalue weighted by atomic mass is 10.1. The number of carbonyl (C=O) groups is 4. The van der Waals surface area contributed by atoms with Crippen molar-refractivity contribution in [1.82, 2.24) is 5.32 Å². The second-order valence-corrected chi connectivity index (χ2v) is 7.32. The largest absolute Gasteiger partial charge is 0.473 e. The van der Waals surface area contributed by atoms with E-state index in [4.69, 9.17) is 29.0 Å². The fourth-order valence-electron chi connectivity index (χ4n) is 2.83. The number of thiophene rings is 1. The van der Waals surface area contributed by atoms with Crippen LogP contribution in [0.25, 0.3) is 0 Å². The van der Waals surface area contributed by atoms with E-state index < -0.39 is 11.9 Å². The molecule has 1 amide bonds. The molecule has 0 fully saturated rings. The molecule has 1 aliphatic rings. The maximum atomic E-state index is 12.1. The van der Waals surface area contributed by atoms with E-state index >= 15 is 0 Å². The van der Waals surface area contributed by atoms with E-state index in [2.05, 4.69) is 10.6 Å². The van der Waals surface area contributed by atoms with E-state index in [0.717, 1.165) is 30.6 Å². The molecule has 2 heterocycles. The number of carboxylic acid groups (broad SMARTS) is 2. The van der Waals surface area contributed by atoms with Crippen molar-refractivity contribution in [2.24, 2.45) is 0 Å². The Morgan fingerprint density at radius 2 is 1.93 bits per heavy atom. The van der Waals surface area contributed by atoms with E-state index in [1.165, 1.54) is 23.3 Å². The number of nitrogens with one attached hydrogen (secondary N) is 2. The first-order chi connectivity index (χ1) is 14.3. The Hall–Kier alpha value is -3.18. The van der Waals surface area contributed by atoms with Gasteiger partial charge in [0.15, 0.2) is 0 Å². The molecule has 0 aliphatic heterocycles. The van der Waals surface area contributed by atoms with Gasteiger partial charge in [0.1, 0.15) is 10.8 Å². The summed E-state index contributed by atoms with van der Waals surface area (Å²) < 4.78 is 10.1. The SMILES string of the molecule is COC(=O)c1c(NC(=O)CCNCc2ccco2)sc2c1CCC2.O=C(O)C(=O)O. The first-order valence-electron chi connectivity index (χ1n) is 9.05. The zero-order chi connectivity index (χ0) is 22.1. The number of amides is 1. The third kappa shape index (κ3) is 6.42. The van der Waals surface area contributed by atoms with Gasteiger partial charge in [0.05, 0.1) is 25.5 Å². The van der Waals surface area contributed by atoms with Crippen LogP contribution >= 0.6 is 11.3 Å². The molecule has 0 radical (unpaired) electrons. The quantitative estimate of drug-likeness (QED) is 0.288. The van der Waals surface area contributed by atoms with Gasteiger partial charge < -0.3 is 30.0 Å². The number of hydrogen-bond donors (Lipinski definition) is 4. The molecule has 30 heavy (non-hydrogen) atoms. The molecule has 0 unspecified atom stereocenters. The molecule has 1 aliphatic carbocycles. The van der Waals surface area contributed by atoms with Crippen LogP contribution in [0.3, 0.4) is 0 Å². The smallest absolute Gasteiger partial charge is 0.414 e. The summed E-state index contributed by atoms with van der Waals surface area (Å²) in [6.45, 7) is 1.12. The van der Waals surface area contributed by atoms with Crippen molar-refractivity contribution in [2.45, 2.75) is 32.2 Å². The molecule has 11 heteroatoms. The molecule has 2 aromatic rings. The van der Waals surface area contributed by atoms with Crippen LogP contribution < -0.4 is 10.6 Å². The summed E-state index contributed by atoms with van der Waals surface area (Å²) in [5, 5.41) is 21.4. The Balaban J connectivity index is 0.000000469. The number of fused-ring (bicyclic) bond motifs is 1. The number of methoxy groups -OCH3 is 1. The van der Waals surface area contributed by atoms with Gasteiger partial charge in [0.25, 0.3) is 0 Å². The van der Waals surface area contributed by atoms with E-state index in [1.807, 2.05) is 12.1 Å². The summed E-state index contributed by atoms with van der Waals surface area (Å²) in [6, 6.07) is 3.71. The van der Waals surface area contributed by atoms with Crippen LogP contribution in [-0.4, -0.2) is 47.7 Å². The lowest BCUT2D eigenvalue weighted by molar-refractivity contribution is -0.159. The van der Waals surface area contributed by atoms with Crippen LogP contribution in [0.4, 0.5) is 5.00 Å². The molecule has 10 nitrogen and oxygen atoms in total. The summed E-state index contributed by atoms with van der Waals surface area (Å²) >= 11 is 1.49. The van der Waals surface area contributed by atoms with Crippen LogP contribution in [0.15, 0.2) is 22.8 Å². The first-order valence-corrected chi connectivity index (χ1v) is 9.87. The van der Waals surface area contributed by atoms with Gasteiger partial charge in [-0.3, -0.25) is 4.79 Å². The lowest BCUT2D eigenvalue weighted by Gasteiger charge is -2.07. The number of aryl methyl sites for hydroxylation is 1. The van der Waals surface area contributed by atoms with E-state index in [1.54, 1.807) is 6.26 Å². The van der Waals surface area contributed by atoms with Gasteiger partial charge in [-0.15, -0.1) is 11.3 Å².